The summed E-state index contributed by atoms with van der Waals surface area (Å²) in [6, 6.07) is 9.89. The van der Waals surface area contributed by atoms with E-state index in [1.807, 2.05) is 13.0 Å². The highest BCUT2D eigenvalue weighted by Crippen LogP contribution is 2.32. The van der Waals surface area contributed by atoms with E-state index in [2.05, 4.69) is 0 Å². The molecule has 0 aromatic heterocycles. The van der Waals surface area contributed by atoms with Crippen LogP contribution in [-0.4, -0.2) is 10.8 Å². The highest BCUT2D eigenvalue weighted by Gasteiger charge is 2.16. The van der Waals surface area contributed by atoms with Crippen molar-refractivity contribution in [1.29, 1.82) is 5.41 Å². The molecule has 0 aliphatic carbocycles. The van der Waals surface area contributed by atoms with Crippen molar-refractivity contribution in [3.63, 3.8) is 0 Å². The second-order valence-corrected chi connectivity index (χ2v) is 4.67. The molecule has 0 fully saturated rings. The monoisotopic (exact) mass is 285 g/mol. The fourth-order valence-corrected chi connectivity index (χ4v) is 1.97. The Labute approximate surface area is 121 Å². The smallest absolute Gasteiger partial charge is 0.276 e. The molecule has 0 spiro atoms. The first-order chi connectivity index (χ1) is 9.90. The van der Waals surface area contributed by atoms with E-state index in [1.54, 1.807) is 31.2 Å². The van der Waals surface area contributed by atoms with E-state index in [0.29, 0.717) is 22.6 Å². The van der Waals surface area contributed by atoms with Gasteiger partial charge in [0, 0.05) is 6.07 Å². The molecule has 0 radical (unpaired) electrons. The van der Waals surface area contributed by atoms with E-state index < -0.39 is 4.92 Å². The zero-order chi connectivity index (χ0) is 15.6. The molecule has 2 aromatic carbocycles. The SMILES string of the molecule is Cc1ccc(Oc2cccc([N+](=O)[O-])c2C)c(C(=N)N)c1. The van der Waals surface area contributed by atoms with Crippen molar-refractivity contribution in [2.24, 2.45) is 5.73 Å². The third kappa shape index (κ3) is 3.00. The molecular weight excluding hydrogens is 270 g/mol. The number of nitrogens with one attached hydrogen (secondary N) is 1. The number of nitro benzene ring substituents is 1. The second-order valence-electron chi connectivity index (χ2n) is 4.67. The van der Waals surface area contributed by atoms with Crippen LogP contribution < -0.4 is 10.5 Å². The van der Waals surface area contributed by atoms with Gasteiger partial charge in [-0.3, -0.25) is 15.5 Å². The Morgan fingerprint density at radius 1 is 1.24 bits per heavy atom. The molecule has 3 N–H and O–H groups in total. The maximum atomic E-state index is 10.9. The third-order valence-corrected chi connectivity index (χ3v) is 3.10. The van der Waals surface area contributed by atoms with Crippen molar-refractivity contribution in [1.82, 2.24) is 0 Å². The second kappa shape index (κ2) is 5.62. The molecule has 108 valence electrons. The molecule has 0 amide bonds. The normalized spacial score (nSPS) is 10.2. The minimum atomic E-state index is -0.455. The molecule has 0 aliphatic heterocycles. The largest absolute Gasteiger partial charge is 0.456 e. The van der Waals surface area contributed by atoms with E-state index in [9.17, 15) is 10.1 Å². The van der Waals surface area contributed by atoms with Crippen LogP contribution >= 0.6 is 0 Å². The van der Waals surface area contributed by atoms with Crippen LogP contribution in [0.3, 0.4) is 0 Å². The van der Waals surface area contributed by atoms with Crippen molar-refractivity contribution >= 4 is 11.5 Å². The Bertz CT molecular complexity index is 726. The molecule has 0 saturated carbocycles. The van der Waals surface area contributed by atoms with E-state index in [4.69, 9.17) is 15.9 Å². The summed E-state index contributed by atoms with van der Waals surface area (Å²) < 4.78 is 5.72. The average Bonchev–Trinajstić information content (AvgIpc) is 2.42. The maximum absolute atomic E-state index is 10.9. The number of hydrogen-bond donors (Lipinski definition) is 2. The van der Waals surface area contributed by atoms with Gasteiger partial charge < -0.3 is 10.5 Å². The van der Waals surface area contributed by atoms with Gasteiger partial charge in [0.15, 0.2) is 0 Å². The van der Waals surface area contributed by atoms with Crippen LogP contribution in [0, 0.1) is 29.4 Å². The van der Waals surface area contributed by atoms with E-state index in [0.717, 1.165) is 5.56 Å². The van der Waals surface area contributed by atoms with Gasteiger partial charge in [0.05, 0.1) is 16.1 Å². The lowest BCUT2D eigenvalue weighted by atomic mass is 10.1. The lowest BCUT2D eigenvalue weighted by Crippen LogP contribution is -2.12. The summed E-state index contributed by atoms with van der Waals surface area (Å²) in [6.07, 6.45) is 0. The van der Waals surface area contributed by atoms with Gasteiger partial charge in [-0.1, -0.05) is 17.7 Å². The number of amidine groups is 1. The summed E-state index contributed by atoms with van der Waals surface area (Å²) in [5.41, 5.74) is 7.37. The predicted octanol–water partition coefficient (Wildman–Crippen LogP) is 3.29. The number of nitrogens with two attached hydrogens (primary N) is 1. The first-order valence-electron chi connectivity index (χ1n) is 6.27. The number of rotatable bonds is 4. The summed E-state index contributed by atoms with van der Waals surface area (Å²) in [6.45, 7) is 3.50. The van der Waals surface area contributed by atoms with Gasteiger partial charge in [-0.05, 0) is 32.0 Å². The van der Waals surface area contributed by atoms with Crippen molar-refractivity contribution in [3.05, 3.63) is 63.2 Å². The van der Waals surface area contributed by atoms with E-state index in [-0.39, 0.29) is 11.5 Å². The Kier molecular flexibility index (Phi) is 3.89. The summed E-state index contributed by atoms with van der Waals surface area (Å²) in [7, 11) is 0. The minimum absolute atomic E-state index is 0.0102. The number of ether oxygens (including phenoxy) is 1. The summed E-state index contributed by atoms with van der Waals surface area (Å²) >= 11 is 0. The standard InChI is InChI=1S/C15H15N3O3/c1-9-6-7-14(11(8-9)15(16)17)21-13-5-3-4-12(10(13)2)18(19)20/h3-8H,1-2H3,(H3,16,17). The Balaban J connectivity index is 2.46. The number of hydrogen-bond acceptors (Lipinski definition) is 4. The number of aryl methyl sites for hydroxylation is 1. The van der Waals surface area contributed by atoms with Crippen LogP contribution in [0.4, 0.5) is 5.69 Å². The fourth-order valence-electron chi connectivity index (χ4n) is 1.97. The van der Waals surface area contributed by atoms with Crippen LogP contribution in [0.2, 0.25) is 0 Å². The Morgan fingerprint density at radius 3 is 2.57 bits per heavy atom. The quantitative estimate of drug-likeness (QED) is 0.389. The zero-order valence-corrected chi connectivity index (χ0v) is 11.7. The van der Waals surface area contributed by atoms with Gasteiger partial charge in [-0.15, -0.1) is 0 Å². The molecule has 0 heterocycles. The zero-order valence-electron chi connectivity index (χ0n) is 11.7. The molecule has 6 heteroatoms. The van der Waals surface area contributed by atoms with Gasteiger partial charge in [-0.2, -0.15) is 0 Å². The topological polar surface area (TPSA) is 102 Å². The molecule has 0 bridgehead atoms. The third-order valence-electron chi connectivity index (χ3n) is 3.10. The molecule has 0 atom stereocenters. The minimum Gasteiger partial charge on any atom is -0.456 e. The molecule has 2 aromatic rings. The van der Waals surface area contributed by atoms with Crippen LogP contribution in [0.15, 0.2) is 36.4 Å². The molecule has 21 heavy (non-hydrogen) atoms. The molecule has 2 rings (SSSR count). The van der Waals surface area contributed by atoms with Crippen molar-refractivity contribution in [3.8, 4) is 11.5 Å². The van der Waals surface area contributed by atoms with Crippen molar-refractivity contribution in [2.75, 3.05) is 0 Å². The number of nitrogens with zero attached hydrogens (tertiary/aromatic N) is 1. The van der Waals surface area contributed by atoms with Gasteiger partial charge >= 0.3 is 0 Å². The first kappa shape index (κ1) is 14.5. The number of nitrogen functional groups attached to an aromatic ring is 1. The number of benzene rings is 2. The molecule has 6 nitrogen and oxygen atoms in total. The van der Waals surface area contributed by atoms with Crippen LogP contribution in [0.1, 0.15) is 16.7 Å². The summed E-state index contributed by atoms with van der Waals surface area (Å²) in [5, 5.41) is 18.5. The van der Waals surface area contributed by atoms with Gasteiger partial charge in [0.25, 0.3) is 5.69 Å². The molecule has 0 aliphatic rings. The summed E-state index contributed by atoms with van der Waals surface area (Å²) in [5.74, 6) is 0.657. The highest BCUT2D eigenvalue weighted by atomic mass is 16.6. The van der Waals surface area contributed by atoms with Crippen molar-refractivity contribution < 1.29 is 9.66 Å². The Morgan fingerprint density at radius 2 is 1.95 bits per heavy atom. The van der Waals surface area contributed by atoms with Crippen LogP contribution in [0.25, 0.3) is 0 Å². The molecular formula is C15H15N3O3. The van der Waals surface area contributed by atoms with Crippen LogP contribution in [-0.2, 0) is 0 Å². The first-order valence-corrected chi connectivity index (χ1v) is 6.27. The van der Waals surface area contributed by atoms with Gasteiger partial charge in [0.2, 0.25) is 0 Å². The molecule has 0 unspecified atom stereocenters. The van der Waals surface area contributed by atoms with E-state index >= 15 is 0 Å². The van der Waals surface area contributed by atoms with E-state index in [1.165, 1.54) is 6.07 Å². The highest BCUT2D eigenvalue weighted by molar-refractivity contribution is 5.97. The summed E-state index contributed by atoms with van der Waals surface area (Å²) in [4.78, 5) is 10.5. The van der Waals surface area contributed by atoms with Crippen molar-refractivity contribution in [2.45, 2.75) is 13.8 Å². The van der Waals surface area contributed by atoms with Gasteiger partial charge in [0.1, 0.15) is 17.3 Å². The Hall–Kier alpha value is -2.89. The molecule has 0 saturated heterocycles. The fraction of sp³-hybridized carbons (Fsp3) is 0.133. The maximum Gasteiger partial charge on any atom is 0.276 e. The predicted molar refractivity (Wildman–Crippen MR) is 80.1 cm³/mol. The number of nitro groups is 1. The lowest BCUT2D eigenvalue weighted by molar-refractivity contribution is -0.385. The van der Waals surface area contributed by atoms with Crippen LogP contribution in [0.5, 0.6) is 11.5 Å². The van der Waals surface area contributed by atoms with Gasteiger partial charge in [-0.25, -0.2) is 0 Å². The average molecular weight is 285 g/mol. The lowest BCUT2D eigenvalue weighted by Gasteiger charge is -2.12.